The number of amides is 1. The monoisotopic (exact) mass is 331 g/mol. The van der Waals surface area contributed by atoms with Crippen molar-refractivity contribution in [3.05, 3.63) is 59.9 Å². The van der Waals surface area contributed by atoms with Crippen LogP contribution in [0.15, 0.2) is 48.5 Å². The Bertz CT molecular complexity index is 658. The van der Waals surface area contributed by atoms with Crippen molar-refractivity contribution < 1.29 is 18.7 Å². The molecule has 0 aliphatic carbocycles. The molecule has 4 nitrogen and oxygen atoms in total. The Morgan fingerprint density at radius 2 is 1.79 bits per heavy atom. The van der Waals surface area contributed by atoms with Gasteiger partial charge in [0.25, 0.3) is 5.91 Å². The molecular formula is C19H22FNO3. The molecule has 24 heavy (non-hydrogen) atoms. The fraction of sp³-hybridized carbons (Fsp3) is 0.316. The minimum atomic E-state index is -0.588. The zero-order valence-electron chi connectivity index (χ0n) is 13.9. The summed E-state index contributed by atoms with van der Waals surface area (Å²) in [5.41, 5.74) is 0.968. The quantitative estimate of drug-likeness (QED) is 0.807. The van der Waals surface area contributed by atoms with Crippen LogP contribution < -0.4 is 14.8 Å². The molecule has 0 aliphatic heterocycles. The highest BCUT2D eigenvalue weighted by atomic mass is 19.1. The van der Waals surface area contributed by atoms with Crippen LogP contribution in [0.3, 0.4) is 0 Å². The van der Waals surface area contributed by atoms with Crippen LogP contribution in [0.25, 0.3) is 0 Å². The maximum atomic E-state index is 12.9. The van der Waals surface area contributed by atoms with Gasteiger partial charge in [0.2, 0.25) is 0 Å². The molecule has 2 rings (SSSR count). The summed E-state index contributed by atoms with van der Waals surface area (Å²) in [5, 5.41) is 2.86. The second kappa shape index (κ2) is 8.91. The van der Waals surface area contributed by atoms with E-state index < -0.39 is 6.10 Å². The normalized spacial score (nSPS) is 11.6. The van der Waals surface area contributed by atoms with Gasteiger partial charge in [-0.25, -0.2) is 4.39 Å². The van der Waals surface area contributed by atoms with Crippen LogP contribution in [0.1, 0.15) is 18.9 Å². The SMILES string of the molecule is CC[C@H](Oc1ccccc1OC)C(=O)NCCc1ccc(F)cc1. The Labute approximate surface area is 141 Å². The molecule has 0 unspecified atom stereocenters. The third kappa shape index (κ3) is 4.98. The fourth-order valence-electron chi connectivity index (χ4n) is 2.29. The number of carbonyl (C=O) groups excluding carboxylic acids is 1. The van der Waals surface area contributed by atoms with E-state index in [0.29, 0.717) is 30.9 Å². The first-order chi connectivity index (χ1) is 11.6. The zero-order valence-corrected chi connectivity index (χ0v) is 13.9. The average Bonchev–Trinajstić information content (AvgIpc) is 2.61. The maximum Gasteiger partial charge on any atom is 0.261 e. The number of halogens is 1. The van der Waals surface area contributed by atoms with E-state index in [4.69, 9.17) is 9.47 Å². The van der Waals surface area contributed by atoms with Gasteiger partial charge in [-0.3, -0.25) is 4.79 Å². The van der Waals surface area contributed by atoms with Crippen molar-refractivity contribution in [3.8, 4) is 11.5 Å². The molecule has 1 N–H and O–H groups in total. The minimum absolute atomic E-state index is 0.175. The smallest absolute Gasteiger partial charge is 0.261 e. The van der Waals surface area contributed by atoms with Crippen molar-refractivity contribution in [2.75, 3.05) is 13.7 Å². The van der Waals surface area contributed by atoms with Gasteiger partial charge in [-0.2, -0.15) is 0 Å². The summed E-state index contributed by atoms with van der Waals surface area (Å²) in [7, 11) is 1.56. The molecule has 0 bridgehead atoms. The number of para-hydroxylation sites is 2. The summed E-state index contributed by atoms with van der Waals surface area (Å²) in [6, 6.07) is 13.5. The van der Waals surface area contributed by atoms with Crippen LogP contribution in [0, 0.1) is 5.82 Å². The molecule has 2 aromatic carbocycles. The molecule has 0 saturated heterocycles. The molecule has 128 valence electrons. The summed E-state index contributed by atoms with van der Waals surface area (Å²) in [5.74, 6) is 0.695. The number of rotatable bonds is 8. The number of methoxy groups -OCH3 is 1. The lowest BCUT2D eigenvalue weighted by Gasteiger charge is -2.18. The molecule has 1 amide bonds. The molecule has 0 fully saturated rings. The highest BCUT2D eigenvalue weighted by molar-refractivity contribution is 5.81. The second-order valence-electron chi connectivity index (χ2n) is 5.33. The lowest BCUT2D eigenvalue weighted by atomic mass is 10.1. The van der Waals surface area contributed by atoms with Crippen molar-refractivity contribution >= 4 is 5.91 Å². The molecule has 2 aromatic rings. The van der Waals surface area contributed by atoms with Crippen LogP contribution in [-0.2, 0) is 11.2 Å². The van der Waals surface area contributed by atoms with E-state index in [-0.39, 0.29) is 11.7 Å². The lowest BCUT2D eigenvalue weighted by Crippen LogP contribution is -2.39. The van der Waals surface area contributed by atoms with E-state index in [1.807, 2.05) is 19.1 Å². The van der Waals surface area contributed by atoms with Gasteiger partial charge in [0, 0.05) is 6.54 Å². The van der Waals surface area contributed by atoms with Gasteiger partial charge in [-0.15, -0.1) is 0 Å². The average molecular weight is 331 g/mol. The number of hydrogen-bond acceptors (Lipinski definition) is 3. The molecule has 0 radical (unpaired) electrons. The van der Waals surface area contributed by atoms with Gasteiger partial charge >= 0.3 is 0 Å². The number of nitrogens with one attached hydrogen (secondary N) is 1. The number of benzene rings is 2. The van der Waals surface area contributed by atoms with Crippen LogP contribution in [0.5, 0.6) is 11.5 Å². The van der Waals surface area contributed by atoms with Crippen molar-refractivity contribution in [2.24, 2.45) is 0 Å². The Morgan fingerprint density at radius 3 is 2.42 bits per heavy atom. The topological polar surface area (TPSA) is 47.6 Å². The second-order valence-corrected chi connectivity index (χ2v) is 5.33. The summed E-state index contributed by atoms with van der Waals surface area (Å²) < 4.78 is 23.9. The molecular weight excluding hydrogens is 309 g/mol. The summed E-state index contributed by atoms with van der Waals surface area (Å²) in [4.78, 5) is 12.3. The van der Waals surface area contributed by atoms with Crippen LogP contribution in [0.2, 0.25) is 0 Å². The number of ether oxygens (including phenoxy) is 2. The molecule has 0 saturated carbocycles. The molecule has 1 atom stereocenters. The van der Waals surface area contributed by atoms with E-state index in [2.05, 4.69) is 5.32 Å². The van der Waals surface area contributed by atoms with Gasteiger partial charge < -0.3 is 14.8 Å². The molecule has 5 heteroatoms. The molecule has 0 aliphatic rings. The number of hydrogen-bond donors (Lipinski definition) is 1. The van der Waals surface area contributed by atoms with E-state index in [1.165, 1.54) is 12.1 Å². The van der Waals surface area contributed by atoms with Gasteiger partial charge in [0.1, 0.15) is 5.82 Å². The summed E-state index contributed by atoms with van der Waals surface area (Å²) >= 11 is 0. The van der Waals surface area contributed by atoms with Crippen molar-refractivity contribution in [2.45, 2.75) is 25.9 Å². The minimum Gasteiger partial charge on any atom is -0.493 e. The zero-order chi connectivity index (χ0) is 17.4. The van der Waals surface area contributed by atoms with Crippen LogP contribution >= 0.6 is 0 Å². The maximum absolute atomic E-state index is 12.9. The molecule has 0 spiro atoms. The first-order valence-electron chi connectivity index (χ1n) is 7.96. The van der Waals surface area contributed by atoms with Crippen molar-refractivity contribution in [1.29, 1.82) is 0 Å². The third-order valence-electron chi connectivity index (χ3n) is 3.63. The number of carbonyl (C=O) groups is 1. The standard InChI is InChI=1S/C19H22FNO3/c1-3-16(24-18-7-5-4-6-17(18)23-2)19(22)21-13-12-14-8-10-15(20)11-9-14/h4-11,16H,3,12-13H2,1-2H3,(H,21,22)/t16-/m0/s1. The van der Waals surface area contributed by atoms with Gasteiger partial charge in [0.05, 0.1) is 7.11 Å². The first-order valence-corrected chi connectivity index (χ1v) is 7.96. The molecule has 0 heterocycles. The first kappa shape index (κ1) is 17.8. The Hall–Kier alpha value is -2.56. The Morgan fingerprint density at radius 1 is 1.12 bits per heavy atom. The Balaban J connectivity index is 1.88. The predicted octanol–water partition coefficient (Wildman–Crippen LogP) is 3.35. The van der Waals surface area contributed by atoms with E-state index >= 15 is 0 Å². The predicted molar refractivity (Wildman–Crippen MR) is 90.8 cm³/mol. The highest BCUT2D eigenvalue weighted by Gasteiger charge is 2.19. The van der Waals surface area contributed by atoms with E-state index in [0.717, 1.165) is 5.56 Å². The van der Waals surface area contributed by atoms with Crippen molar-refractivity contribution in [1.82, 2.24) is 5.32 Å². The lowest BCUT2D eigenvalue weighted by molar-refractivity contribution is -0.128. The van der Waals surface area contributed by atoms with E-state index in [1.54, 1.807) is 31.4 Å². The fourth-order valence-corrected chi connectivity index (χ4v) is 2.29. The highest BCUT2D eigenvalue weighted by Crippen LogP contribution is 2.27. The van der Waals surface area contributed by atoms with Crippen molar-refractivity contribution in [3.63, 3.8) is 0 Å². The van der Waals surface area contributed by atoms with E-state index in [9.17, 15) is 9.18 Å². The summed E-state index contributed by atoms with van der Waals surface area (Å²) in [6.07, 6.45) is 0.590. The summed E-state index contributed by atoms with van der Waals surface area (Å²) in [6.45, 7) is 2.36. The van der Waals surface area contributed by atoms with Gasteiger partial charge in [-0.05, 0) is 42.7 Å². The Kier molecular flexibility index (Phi) is 6.61. The largest absolute Gasteiger partial charge is 0.493 e. The third-order valence-corrected chi connectivity index (χ3v) is 3.63. The van der Waals surface area contributed by atoms with Crippen LogP contribution in [-0.4, -0.2) is 25.7 Å². The van der Waals surface area contributed by atoms with Gasteiger partial charge in [0.15, 0.2) is 17.6 Å². The van der Waals surface area contributed by atoms with Gasteiger partial charge in [-0.1, -0.05) is 31.2 Å². The van der Waals surface area contributed by atoms with Crippen LogP contribution in [0.4, 0.5) is 4.39 Å². The molecule has 0 aromatic heterocycles.